The maximum absolute atomic E-state index is 14.7. The molecule has 0 aliphatic heterocycles. The molecule has 166 valence electrons. The molecule has 1 heterocycles. The average Bonchev–Trinajstić information content (AvgIpc) is 3.29. The van der Waals surface area contributed by atoms with E-state index in [1.54, 1.807) is 30.3 Å². The summed E-state index contributed by atoms with van der Waals surface area (Å²) >= 11 is 0. The summed E-state index contributed by atoms with van der Waals surface area (Å²) in [7, 11) is 1.23. The van der Waals surface area contributed by atoms with E-state index in [1.165, 1.54) is 19.6 Å². The molecule has 4 aromatic rings. The van der Waals surface area contributed by atoms with Crippen LogP contribution in [0, 0.1) is 24.1 Å². The number of aryl methyl sites for hydroxylation is 1. The summed E-state index contributed by atoms with van der Waals surface area (Å²) in [6, 6.07) is 16.7. The summed E-state index contributed by atoms with van der Waals surface area (Å²) in [6.07, 6.45) is 0.160. The number of oxazole rings is 1. The van der Waals surface area contributed by atoms with E-state index in [-0.39, 0.29) is 23.7 Å². The predicted octanol–water partition coefficient (Wildman–Crippen LogP) is 5.02. The van der Waals surface area contributed by atoms with Crippen LogP contribution < -0.4 is 9.47 Å². The van der Waals surface area contributed by atoms with Crippen molar-refractivity contribution in [1.29, 1.82) is 5.26 Å². The van der Waals surface area contributed by atoms with Crippen LogP contribution in [0.15, 0.2) is 65.4 Å². The van der Waals surface area contributed by atoms with Gasteiger partial charge in [0.15, 0.2) is 12.0 Å². The summed E-state index contributed by atoms with van der Waals surface area (Å²) in [4.78, 5) is 16.5. The number of aromatic nitrogens is 1. The molecule has 0 fully saturated rings. The van der Waals surface area contributed by atoms with Crippen molar-refractivity contribution in [2.45, 2.75) is 19.6 Å². The molecule has 1 aromatic heterocycles. The molecule has 0 spiro atoms. The van der Waals surface area contributed by atoms with E-state index < -0.39 is 17.9 Å². The number of methoxy groups -OCH3 is 1. The molecule has 0 saturated carbocycles. The highest BCUT2D eigenvalue weighted by Crippen LogP contribution is 2.33. The van der Waals surface area contributed by atoms with Gasteiger partial charge in [-0.2, -0.15) is 5.26 Å². The Morgan fingerprint density at radius 2 is 2.03 bits per heavy atom. The molecule has 33 heavy (non-hydrogen) atoms. The minimum Gasteiger partial charge on any atom is -0.489 e. The third-order valence-electron chi connectivity index (χ3n) is 5.07. The zero-order valence-corrected chi connectivity index (χ0v) is 17.9. The third kappa shape index (κ3) is 4.62. The Hall–Kier alpha value is -4.38. The quantitative estimate of drug-likeness (QED) is 0.368. The largest absolute Gasteiger partial charge is 0.489 e. The van der Waals surface area contributed by atoms with Crippen molar-refractivity contribution in [3.05, 3.63) is 89.1 Å². The Labute approximate surface area is 188 Å². The third-order valence-corrected chi connectivity index (χ3v) is 5.07. The Kier molecular flexibility index (Phi) is 6.22. The van der Waals surface area contributed by atoms with Crippen LogP contribution >= 0.6 is 0 Å². The Morgan fingerprint density at radius 3 is 2.79 bits per heavy atom. The number of fused-ring (bicyclic) bond motifs is 1. The lowest BCUT2D eigenvalue weighted by Gasteiger charge is -2.20. The van der Waals surface area contributed by atoms with Gasteiger partial charge in [-0.15, -0.1) is 0 Å². The number of benzene rings is 3. The van der Waals surface area contributed by atoms with Crippen molar-refractivity contribution >= 4 is 17.1 Å². The first-order valence-electron chi connectivity index (χ1n) is 9.98. The van der Waals surface area contributed by atoms with Crippen LogP contribution in [0.4, 0.5) is 4.39 Å². The van der Waals surface area contributed by atoms with Crippen LogP contribution in [-0.4, -0.2) is 18.1 Å². The second-order valence-corrected chi connectivity index (χ2v) is 7.21. The van der Waals surface area contributed by atoms with Gasteiger partial charge in [0.05, 0.1) is 7.11 Å². The van der Waals surface area contributed by atoms with Gasteiger partial charge in [0.25, 0.3) is 0 Å². The van der Waals surface area contributed by atoms with Crippen LogP contribution in [-0.2, 0) is 16.1 Å². The molecule has 7 nitrogen and oxygen atoms in total. The van der Waals surface area contributed by atoms with E-state index in [0.29, 0.717) is 16.7 Å². The minimum absolute atomic E-state index is 0.111. The number of hydrogen-bond donors (Lipinski definition) is 0. The molecule has 0 amide bonds. The van der Waals surface area contributed by atoms with Crippen LogP contribution in [0.1, 0.15) is 28.4 Å². The number of halogens is 1. The summed E-state index contributed by atoms with van der Waals surface area (Å²) in [5, 5.41) is 9.47. The highest BCUT2D eigenvalue weighted by atomic mass is 19.1. The molecule has 0 aliphatic rings. The molecule has 8 heteroatoms. The van der Waals surface area contributed by atoms with Gasteiger partial charge in [0.2, 0.25) is 6.10 Å². The molecule has 1 unspecified atom stereocenters. The summed E-state index contributed by atoms with van der Waals surface area (Å²) < 4.78 is 36.4. The van der Waals surface area contributed by atoms with Crippen LogP contribution in [0.2, 0.25) is 0 Å². The van der Waals surface area contributed by atoms with Crippen molar-refractivity contribution in [1.82, 2.24) is 4.98 Å². The predicted molar refractivity (Wildman–Crippen MR) is 116 cm³/mol. The van der Waals surface area contributed by atoms with E-state index in [2.05, 4.69) is 4.98 Å². The molecular weight excluding hydrogens is 427 g/mol. The van der Waals surface area contributed by atoms with Crippen LogP contribution in [0.5, 0.6) is 11.5 Å². The number of ether oxygens (including phenoxy) is 3. The maximum Gasteiger partial charge on any atom is 0.351 e. The normalized spacial score (nSPS) is 11.6. The topological polar surface area (TPSA) is 94.6 Å². The summed E-state index contributed by atoms with van der Waals surface area (Å²) in [5.41, 5.74) is 3.07. The highest BCUT2D eigenvalue weighted by Gasteiger charge is 2.27. The van der Waals surface area contributed by atoms with E-state index in [0.717, 1.165) is 17.2 Å². The Balaban J connectivity index is 1.63. The lowest BCUT2D eigenvalue weighted by atomic mass is 10.0. The van der Waals surface area contributed by atoms with Crippen LogP contribution in [0.25, 0.3) is 11.1 Å². The molecule has 0 N–H and O–H groups in total. The van der Waals surface area contributed by atoms with Gasteiger partial charge >= 0.3 is 5.97 Å². The number of esters is 1. The van der Waals surface area contributed by atoms with Crippen molar-refractivity contribution < 1.29 is 27.8 Å². The van der Waals surface area contributed by atoms with Gasteiger partial charge in [-0.05, 0) is 30.2 Å². The van der Waals surface area contributed by atoms with Crippen molar-refractivity contribution in [2.75, 3.05) is 7.11 Å². The van der Waals surface area contributed by atoms with E-state index in [4.69, 9.17) is 18.6 Å². The summed E-state index contributed by atoms with van der Waals surface area (Å²) in [6.45, 7) is 1.92. The van der Waals surface area contributed by atoms with Crippen molar-refractivity contribution in [3.8, 4) is 17.6 Å². The fourth-order valence-electron chi connectivity index (χ4n) is 3.35. The molecule has 1 atom stereocenters. The first-order valence-corrected chi connectivity index (χ1v) is 9.98. The molecule has 3 aromatic carbocycles. The molecule has 0 bridgehead atoms. The first-order chi connectivity index (χ1) is 16.0. The smallest absolute Gasteiger partial charge is 0.351 e. The van der Waals surface area contributed by atoms with Gasteiger partial charge in [0.1, 0.15) is 41.1 Å². The number of rotatable bonds is 7. The minimum atomic E-state index is -1.19. The number of carbonyl (C=O) groups excluding carboxylic acids is 1. The van der Waals surface area contributed by atoms with Gasteiger partial charge < -0.3 is 18.6 Å². The number of nitriles is 1. The number of carbonyl (C=O) groups is 1. The van der Waals surface area contributed by atoms with Gasteiger partial charge in [-0.3, -0.25) is 0 Å². The lowest BCUT2D eigenvalue weighted by molar-refractivity contribution is -0.149. The zero-order valence-electron chi connectivity index (χ0n) is 17.9. The number of nitrogens with zero attached hydrogens (tertiary/aromatic N) is 2. The standard InChI is InChI=1S/C25H19FN2O5/c1-15-5-3-4-6-18(15)24(25(29)30-2)33-22-11-17(10-20(26)19(22)12-27)31-13-16-7-8-21-23(9-16)32-14-28-21/h3-11,14,24H,13H2,1-2H3. The lowest BCUT2D eigenvalue weighted by Crippen LogP contribution is -2.21. The molecule has 0 aliphatic carbocycles. The Morgan fingerprint density at radius 1 is 1.21 bits per heavy atom. The molecule has 4 rings (SSSR count). The second-order valence-electron chi connectivity index (χ2n) is 7.21. The highest BCUT2D eigenvalue weighted by molar-refractivity contribution is 5.77. The van der Waals surface area contributed by atoms with Crippen molar-refractivity contribution in [3.63, 3.8) is 0 Å². The van der Waals surface area contributed by atoms with Gasteiger partial charge in [-0.25, -0.2) is 14.2 Å². The fourth-order valence-corrected chi connectivity index (χ4v) is 3.35. The fraction of sp³-hybridized carbons (Fsp3) is 0.160. The van der Waals surface area contributed by atoms with Gasteiger partial charge in [0, 0.05) is 17.7 Å². The SMILES string of the molecule is COC(=O)C(Oc1cc(OCc2ccc3ncoc3c2)cc(F)c1C#N)c1ccccc1C. The van der Waals surface area contributed by atoms with E-state index >= 15 is 0 Å². The van der Waals surface area contributed by atoms with E-state index in [9.17, 15) is 14.4 Å². The molecule has 0 saturated heterocycles. The Bertz CT molecular complexity index is 1360. The molecule has 0 radical (unpaired) electrons. The van der Waals surface area contributed by atoms with Crippen molar-refractivity contribution in [2.24, 2.45) is 0 Å². The average molecular weight is 446 g/mol. The number of hydrogen-bond acceptors (Lipinski definition) is 7. The van der Waals surface area contributed by atoms with Gasteiger partial charge in [-0.1, -0.05) is 30.3 Å². The summed E-state index contributed by atoms with van der Waals surface area (Å²) in [5.74, 6) is -1.51. The van der Waals surface area contributed by atoms with E-state index in [1.807, 2.05) is 25.1 Å². The molecular formula is C25H19FN2O5. The van der Waals surface area contributed by atoms with Crippen LogP contribution in [0.3, 0.4) is 0 Å². The second kappa shape index (κ2) is 9.40. The zero-order chi connectivity index (χ0) is 23.4. The monoisotopic (exact) mass is 446 g/mol. The first kappa shape index (κ1) is 21.8. The maximum atomic E-state index is 14.7.